The highest BCUT2D eigenvalue weighted by Crippen LogP contribution is 2.32. The fourth-order valence-electron chi connectivity index (χ4n) is 3.19. The number of benzene rings is 2. The van der Waals surface area contributed by atoms with Gasteiger partial charge in [-0.15, -0.1) is 11.8 Å². The van der Waals surface area contributed by atoms with Gasteiger partial charge in [0.2, 0.25) is 5.91 Å². The topological polar surface area (TPSA) is 36.4 Å². The van der Waals surface area contributed by atoms with Gasteiger partial charge in [-0.05, 0) is 81.6 Å². The van der Waals surface area contributed by atoms with Gasteiger partial charge in [-0.3, -0.25) is 9.69 Å². The third-order valence-electron chi connectivity index (χ3n) is 4.73. The van der Waals surface area contributed by atoms with Gasteiger partial charge in [0.05, 0.1) is 10.2 Å². The first kappa shape index (κ1) is 23.1. The number of nitrogens with zero attached hydrogens (tertiary/aromatic N) is 3. The van der Waals surface area contributed by atoms with Gasteiger partial charge < -0.3 is 4.90 Å². The van der Waals surface area contributed by atoms with E-state index in [-0.39, 0.29) is 5.91 Å². The fourth-order valence-corrected chi connectivity index (χ4v) is 5.22. The summed E-state index contributed by atoms with van der Waals surface area (Å²) in [5, 5.41) is 1.54. The van der Waals surface area contributed by atoms with Crippen LogP contribution in [0.2, 0.25) is 5.02 Å². The second-order valence-corrected chi connectivity index (χ2v) is 10.3. The van der Waals surface area contributed by atoms with Gasteiger partial charge >= 0.3 is 0 Å². The minimum absolute atomic E-state index is 0.141. The lowest BCUT2D eigenvalue weighted by atomic mass is 10.1. The van der Waals surface area contributed by atoms with Crippen LogP contribution in [0, 0.1) is 13.8 Å². The van der Waals surface area contributed by atoms with E-state index in [1.54, 1.807) is 23.1 Å². The lowest BCUT2D eigenvalue weighted by Gasteiger charge is -2.22. The van der Waals surface area contributed by atoms with Crippen molar-refractivity contribution in [1.82, 2.24) is 9.88 Å². The van der Waals surface area contributed by atoms with Crippen molar-refractivity contribution in [2.45, 2.75) is 31.6 Å². The lowest BCUT2D eigenvalue weighted by Crippen LogP contribution is -2.36. The van der Waals surface area contributed by atoms with Crippen LogP contribution in [0.3, 0.4) is 0 Å². The zero-order valence-corrected chi connectivity index (χ0v) is 20.3. The lowest BCUT2D eigenvalue weighted by molar-refractivity contribution is -0.118. The van der Waals surface area contributed by atoms with E-state index in [4.69, 9.17) is 16.6 Å². The number of hydrogen-bond acceptors (Lipinski definition) is 5. The van der Waals surface area contributed by atoms with E-state index in [2.05, 4.69) is 30.9 Å². The summed E-state index contributed by atoms with van der Waals surface area (Å²) >= 11 is 9.31. The molecule has 2 aromatic carbocycles. The van der Waals surface area contributed by atoms with E-state index in [0.717, 1.165) is 39.1 Å². The fraction of sp³-hybridized carbons (Fsp3) is 0.391. The second-order valence-electron chi connectivity index (χ2n) is 7.68. The molecule has 1 aromatic heterocycles. The molecule has 160 valence electrons. The molecule has 0 saturated heterocycles. The Balaban J connectivity index is 1.67. The summed E-state index contributed by atoms with van der Waals surface area (Å²) in [4.78, 5) is 23.0. The van der Waals surface area contributed by atoms with Gasteiger partial charge in [0, 0.05) is 29.4 Å². The Morgan fingerprint density at radius 3 is 2.57 bits per heavy atom. The molecule has 0 spiro atoms. The molecule has 7 heteroatoms. The smallest absolute Gasteiger partial charge is 0.228 e. The number of halogens is 1. The Bertz CT molecular complexity index is 1000. The predicted molar refractivity (Wildman–Crippen MR) is 131 cm³/mol. The summed E-state index contributed by atoms with van der Waals surface area (Å²) < 4.78 is 1.16. The van der Waals surface area contributed by atoms with E-state index in [1.807, 2.05) is 43.3 Å². The van der Waals surface area contributed by atoms with Crippen molar-refractivity contribution < 1.29 is 4.79 Å². The summed E-state index contributed by atoms with van der Waals surface area (Å²) in [5.74, 6) is 1.04. The minimum Gasteiger partial charge on any atom is -0.308 e. The van der Waals surface area contributed by atoms with Gasteiger partial charge in [-0.1, -0.05) is 29.0 Å². The highest BCUT2D eigenvalue weighted by atomic mass is 35.5. The van der Waals surface area contributed by atoms with Gasteiger partial charge in [0.25, 0.3) is 0 Å². The first-order chi connectivity index (χ1) is 14.3. The SMILES string of the molecule is Cc1cc(C)c2sc(N(CCN(C)C)C(=O)CCCSc3ccc(Cl)cc3)nc2c1. The number of rotatable bonds is 9. The van der Waals surface area contributed by atoms with Crippen LogP contribution < -0.4 is 4.90 Å². The maximum absolute atomic E-state index is 13.1. The van der Waals surface area contributed by atoms with Crippen LogP contribution >= 0.6 is 34.7 Å². The van der Waals surface area contributed by atoms with Crippen LogP contribution in [-0.4, -0.2) is 48.7 Å². The molecule has 0 fully saturated rings. The van der Waals surface area contributed by atoms with Crippen molar-refractivity contribution in [3.8, 4) is 0 Å². The van der Waals surface area contributed by atoms with Crippen LogP contribution in [0.4, 0.5) is 5.13 Å². The summed E-state index contributed by atoms with van der Waals surface area (Å²) in [7, 11) is 4.05. The van der Waals surface area contributed by atoms with E-state index in [9.17, 15) is 4.79 Å². The molecule has 0 aliphatic carbocycles. The monoisotopic (exact) mass is 461 g/mol. The molecule has 1 amide bonds. The molecule has 0 aliphatic heterocycles. The maximum Gasteiger partial charge on any atom is 0.228 e. The van der Waals surface area contributed by atoms with Crippen LogP contribution in [0.15, 0.2) is 41.3 Å². The van der Waals surface area contributed by atoms with Gasteiger partial charge in [-0.25, -0.2) is 4.98 Å². The van der Waals surface area contributed by atoms with E-state index < -0.39 is 0 Å². The third kappa shape index (κ3) is 6.20. The molecular weight excluding hydrogens is 434 g/mol. The van der Waals surface area contributed by atoms with Crippen molar-refractivity contribution in [3.63, 3.8) is 0 Å². The van der Waals surface area contributed by atoms with Crippen LogP contribution in [0.5, 0.6) is 0 Å². The van der Waals surface area contributed by atoms with Gasteiger partial charge in [-0.2, -0.15) is 0 Å². The maximum atomic E-state index is 13.1. The number of likely N-dealkylation sites (N-methyl/N-ethyl adjacent to an activating group) is 1. The quantitative estimate of drug-likeness (QED) is 0.288. The Morgan fingerprint density at radius 1 is 1.13 bits per heavy atom. The van der Waals surface area contributed by atoms with Crippen LogP contribution in [0.25, 0.3) is 10.2 Å². The zero-order chi connectivity index (χ0) is 21.7. The largest absolute Gasteiger partial charge is 0.308 e. The Morgan fingerprint density at radius 2 is 1.87 bits per heavy atom. The normalized spacial score (nSPS) is 11.4. The summed E-state index contributed by atoms with van der Waals surface area (Å²) in [6, 6.07) is 12.1. The number of thiazole rings is 1. The minimum atomic E-state index is 0.141. The van der Waals surface area contributed by atoms with Crippen molar-refractivity contribution >= 4 is 56.0 Å². The van der Waals surface area contributed by atoms with E-state index in [0.29, 0.717) is 13.0 Å². The molecule has 3 aromatic rings. The molecule has 0 bridgehead atoms. The van der Waals surface area contributed by atoms with Crippen molar-refractivity contribution in [3.05, 3.63) is 52.5 Å². The number of carbonyl (C=O) groups excluding carboxylic acids is 1. The molecule has 0 N–H and O–H groups in total. The third-order valence-corrected chi connectivity index (χ3v) is 7.31. The van der Waals surface area contributed by atoms with Gasteiger partial charge in [0.15, 0.2) is 5.13 Å². The molecular formula is C23H28ClN3OS2. The Labute approximate surface area is 192 Å². The summed E-state index contributed by atoms with van der Waals surface area (Å²) in [5.41, 5.74) is 3.39. The predicted octanol–water partition coefficient (Wildman–Crippen LogP) is 6.03. The Kier molecular flexibility index (Phi) is 8.17. The summed E-state index contributed by atoms with van der Waals surface area (Å²) in [6.07, 6.45) is 1.34. The van der Waals surface area contributed by atoms with Crippen molar-refractivity contribution in [2.75, 3.05) is 37.8 Å². The van der Waals surface area contributed by atoms with Crippen LogP contribution in [-0.2, 0) is 4.79 Å². The average molecular weight is 462 g/mol. The zero-order valence-electron chi connectivity index (χ0n) is 17.9. The number of carbonyl (C=O) groups is 1. The number of fused-ring (bicyclic) bond motifs is 1. The highest BCUT2D eigenvalue weighted by Gasteiger charge is 2.20. The molecule has 3 rings (SSSR count). The first-order valence-corrected chi connectivity index (χ1v) is 12.2. The number of anilines is 1. The number of aromatic nitrogens is 1. The first-order valence-electron chi connectivity index (χ1n) is 10.0. The molecule has 0 aliphatic rings. The molecule has 0 radical (unpaired) electrons. The number of hydrogen-bond donors (Lipinski definition) is 0. The molecule has 30 heavy (non-hydrogen) atoms. The van der Waals surface area contributed by atoms with E-state index in [1.165, 1.54) is 16.0 Å². The molecule has 1 heterocycles. The number of aryl methyl sites for hydroxylation is 2. The van der Waals surface area contributed by atoms with Gasteiger partial charge in [0.1, 0.15) is 0 Å². The molecule has 0 saturated carbocycles. The van der Waals surface area contributed by atoms with Crippen molar-refractivity contribution in [1.29, 1.82) is 0 Å². The number of amides is 1. The average Bonchev–Trinajstić information content (AvgIpc) is 3.10. The van der Waals surface area contributed by atoms with Crippen molar-refractivity contribution in [2.24, 2.45) is 0 Å². The highest BCUT2D eigenvalue weighted by molar-refractivity contribution is 7.99. The molecule has 0 atom stereocenters. The second kappa shape index (κ2) is 10.6. The summed E-state index contributed by atoms with van der Waals surface area (Å²) in [6.45, 7) is 5.64. The standard InChI is InChI=1S/C23H28ClN3OS2/c1-16-14-17(2)22-20(15-16)25-23(30-22)27(12-11-26(3)4)21(28)6-5-13-29-19-9-7-18(24)8-10-19/h7-10,14-15H,5-6,11-13H2,1-4H3. The molecule has 0 unspecified atom stereocenters. The van der Waals surface area contributed by atoms with Crippen LogP contribution in [0.1, 0.15) is 24.0 Å². The van der Waals surface area contributed by atoms with E-state index >= 15 is 0 Å². The number of thioether (sulfide) groups is 1. The molecule has 4 nitrogen and oxygen atoms in total. The Hall–Kier alpha value is -1.60.